The van der Waals surface area contributed by atoms with Gasteiger partial charge in [-0.25, -0.2) is 0 Å². The Labute approximate surface area is 124 Å². The van der Waals surface area contributed by atoms with Gasteiger partial charge in [0.25, 0.3) is 0 Å². The van der Waals surface area contributed by atoms with Gasteiger partial charge in [0.15, 0.2) is 0 Å². The molecule has 1 aromatic carbocycles. The molecule has 2 aromatic rings. The normalized spacial score (nSPS) is 10.3. The molecule has 0 amide bonds. The fourth-order valence-corrected chi connectivity index (χ4v) is 1.78. The summed E-state index contributed by atoms with van der Waals surface area (Å²) in [6, 6.07) is 7.58. The highest BCUT2D eigenvalue weighted by Gasteiger charge is 2.08. The van der Waals surface area contributed by atoms with Gasteiger partial charge < -0.3 is 9.47 Å². The van der Waals surface area contributed by atoms with E-state index in [9.17, 15) is 0 Å². The second-order valence-electron chi connectivity index (χ2n) is 3.58. The number of hydrogen-bond acceptors (Lipinski definition) is 5. The number of ether oxygens (including phenoxy) is 2. The predicted octanol–water partition coefficient (Wildman–Crippen LogP) is 3.87. The van der Waals surface area contributed by atoms with Crippen molar-refractivity contribution in [1.82, 2.24) is 15.0 Å². The first-order chi connectivity index (χ1) is 9.17. The van der Waals surface area contributed by atoms with Crippen molar-refractivity contribution in [2.45, 2.75) is 13.3 Å². The van der Waals surface area contributed by atoms with Gasteiger partial charge in [-0.2, -0.15) is 9.97 Å². The lowest BCUT2D eigenvalue weighted by molar-refractivity contribution is 0.284. The number of benzene rings is 1. The first kappa shape index (κ1) is 14.0. The predicted molar refractivity (Wildman–Crippen MR) is 74.8 cm³/mol. The maximum atomic E-state index is 5.79. The van der Waals surface area contributed by atoms with Crippen LogP contribution >= 0.6 is 27.5 Å². The van der Waals surface area contributed by atoms with Crippen LogP contribution in [0.4, 0.5) is 0 Å². The Morgan fingerprint density at radius 1 is 1.21 bits per heavy atom. The summed E-state index contributed by atoms with van der Waals surface area (Å²) >= 11 is 9.15. The molecule has 0 unspecified atom stereocenters. The van der Waals surface area contributed by atoms with Crippen molar-refractivity contribution >= 4 is 27.5 Å². The Balaban J connectivity index is 2.17. The molecule has 7 heteroatoms. The number of hydrogen-bond donors (Lipinski definition) is 0. The van der Waals surface area contributed by atoms with E-state index in [0.29, 0.717) is 12.4 Å². The molecule has 0 atom stereocenters. The zero-order valence-electron chi connectivity index (χ0n) is 10.1. The first-order valence-electron chi connectivity index (χ1n) is 5.65. The van der Waals surface area contributed by atoms with Crippen LogP contribution in [-0.2, 0) is 0 Å². The van der Waals surface area contributed by atoms with E-state index < -0.39 is 0 Å². The van der Waals surface area contributed by atoms with E-state index in [4.69, 9.17) is 21.1 Å². The molecule has 19 heavy (non-hydrogen) atoms. The number of halogens is 2. The standard InChI is InChI=1S/C12H11BrClN3O2/c1-2-6-18-11-15-10(14)16-12(17-11)19-9-5-3-4-8(13)7-9/h3-5,7H,2,6H2,1H3. The van der Waals surface area contributed by atoms with Crippen LogP contribution in [0, 0.1) is 0 Å². The Bertz CT molecular complexity index is 568. The molecule has 0 aliphatic carbocycles. The van der Waals surface area contributed by atoms with Gasteiger partial charge in [0.1, 0.15) is 5.75 Å². The van der Waals surface area contributed by atoms with Gasteiger partial charge in [0.05, 0.1) is 6.61 Å². The number of nitrogens with zero attached hydrogens (tertiary/aromatic N) is 3. The van der Waals surface area contributed by atoms with Crippen LogP contribution in [0.5, 0.6) is 17.8 Å². The molecule has 0 N–H and O–H groups in total. The lowest BCUT2D eigenvalue weighted by Crippen LogP contribution is -2.03. The molecule has 1 heterocycles. The molecule has 0 aliphatic rings. The fraction of sp³-hybridized carbons (Fsp3) is 0.250. The largest absolute Gasteiger partial charge is 0.463 e. The maximum absolute atomic E-state index is 5.79. The van der Waals surface area contributed by atoms with Gasteiger partial charge in [-0.1, -0.05) is 28.9 Å². The lowest BCUT2D eigenvalue weighted by Gasteiger charge is -2.06. The molecular formula is C12H11BrClN3O2. The van der Waals surface area contributed by atoms with Gasteiger partial charge in [0, 0.05) is 4.47 Å². The summed E-state index contributed by atoms with van der Waals surface area (Å²) in [6.45, 7) is 2.50. The molecule has 0 radical (unpaired) electrons. The molecular weight excluding hydrogens is 334 g/mol. The third-order valence-electron chi connectivity index (χ3n) is 2.01. The number of rotatable bonds is 5. The van der Waals surface area contributed by atoms with Gasteiger partial charge >= 0.3 is 12.0 Å². The van der Waals surface area contributed by atoms with E-state index in [2.05, 4.69) is 30.9 Å². The van der Waals surface area contributed by atoms with Crippen molar-refractivity contribution in [2.75, 3.05) is 6.61 Å². The van der Waals surface area contributed by atoms with E-state index in [1.165, 1.54) is 0 Å². The van der Waals surface area contributed by atoms with Crippen LogP contribution in [-0.4, -0.2) is 21.6 Å². The summed E-state index contributed by atoms with van der Waals surface area (Å²) in [5.41, 5.74) is 0. The van der Waals surface area contributed by atoms with Crippen molar-refractivity contribution in [3.8, 4) is 17.8 Å². The van der Waals surface area contributed by atoms with Crippen LogP contribution in [0.2, 0.25) is 5.28 Å². The molecule has 5 nitrogen and oxygen atoms in total. The van der Waals surface area contributed by atoms with Crippen molar-refractivity contribution in [1.29, 1.82) is 0 Å². The summed E-state index contributed by atoms with van der Waals surface area (Å²) < 4.78 is 11.7. The Hall–Kier alpha value is -1.40. The fourth-order valence-electron chi connectivity index (χ4n) is 1.25. The SMILES string of the molecule is CCCOc1nc(Cl)nc(Oc2cccc(Br)c2)n1. The molecule has 100 valence electrons. The van der Waals surface area contributed by atoms with Crippen molar-refractivity contribution < 1.29 is 9.47 Å². The topological polar surface area (TPSA) is 57.1 Å². The van der Waals surface area contributed by atoms with Crippen LogP contribution in [0.3, 0.4) is 0 Å². The smallest absolute Gasteiger partial charge is 0.329 e. The van der Waals surface area contributed by atoms with E-state index in [1.54, 1.807) is 12.1 Å². The lowest BCUT2D eigenvalue weighted by atomic mass is 10.3. The summed E-state index contributed by atoms with van der Waals surface area (Å²) in [4.78, 5) is 11.8. The molecule has 0 saturated heterocycles. The Kier molecular flexibility index (Phi) is 4.93. The van der Waals surface area contributed by atoms with Gasteiger partial charge in [-0.3, -0.25) is 0 Å². The average molecular weight is 345 g/mol. The minimum atomic E-state index is 0.0334. The Morgan fingerprint density at radius 3 is 2.74 bits per heavy atom. The first-order valence-corrected chi connectivity index (χ1v) is 6.82. The van der Waals surface area contributed by atoms with Crippen molar-refractivity contribution in [3.05, 3.63) is 34.0 Å². The summed E-state index contributed by atoms with van der Waals surface area (Å²) in [5, 5.41) is 0.0334. The van der Waals surface area contributed by atoms with Crippen molar-refractivity contribution in [3.63, 3.8) is 0 Å². The molecule has 0 aliphatic heterocycles. The van der Waals surface area contributed by atoms with Crippen LogP contribution in [0.1, 0.15) is 13.3 Å². The average Bonchev–Trinajstić information content (AvgIpc) is 2.35. The third kappa shape index (κ3) is 4.33. The summed E-state index contributed by atoms with van der Waals surface area (Å²) in [6.07, 6.45) is 0.852. The van der Waals surface area contributed by atoms with Crippen LogP contribution < -0.4 is 9.47 Å². The van der Waals surface area contributed by atoms with E-state index >= 15 is 0 Å². The Morgan fingerprint density at radius 2 is 2.00 bits per heavy atom. The molecule has 0 spiro atoms. The summed E-state index contributed by atoms with van der Waals surface area (Å²) in [7, 11) is 0. The second-order valence-corrected chi connectivity index (χ2v) is 4.83. The van der Waals surface area contributed by atoms with Gasteiger partial charge in [0.2, 0.25) is 5.28 Å². The highest BCUT2D eigenvalue weighted by molar-refractivity contribution is 9.10. The van der Waals surface area contributed by atoms with Crippen LogP contribution in [0.25, 0.3) is 0 Å². The zero-order chi connectivity index (χ0) is 13.7. The van der Waals surface area contributed by atoms with E-state index in [0.717, 1.165) is 10.9 Å². The minimum absolute atomic E-state index is 0.0334. The molecule has 0 bridgehead atoms. The van der Waals surface area contributed by atoms with Crippen molar-refractivity contribution in [2.24, 2.45) is 0 Å². The van der Waals surface area contributed by atoms with Gasteiger partial charge in [-0.05, 0) is 36.2 Å². The third-order valence-corrected chi connectivity index (χ3v) is 2.67. The summed E-state index contributed by atoms with van der Waals surface area (Å²) in [5.74, 6) is 0.595. The zero-order valence-corrected chi connectivity index (χ0v) is 12.5. The number of aromatic nitrogens is 3. The molecule has 1 aromatic heterocycles. The van der Waals surface area contributed by atoms with E-state index in [-0.39, 0.29) is 17.3 Å². The molecule has 2 rings (SSSR count). The highest BCUT2D eigenvalue weighted by atomic mass is 79.9. The maximum Gasteiger partial charge on any atom is 0.329 e. The molecule has 0 saturated carbocycles. The second kappa shape index (κ2) is 6.68. The van der Waals surface area contributed by atoms with Gasteiger partial charge in [-0.15, -0.1) is 4.98 Å². The van der Waals surface area contributed by atoms with Crippen LogP contribution in [0.15, 0.2) is 28.7 Å². The minimum Gasteiger partial charge on any atom is -0.463 e. The quantitative estimate of drug-likeness (QED) is 0.824. The molecule has 0 fully saturated rings. The highest BCUT2D eigenvalue weighted by Crippen LogP contribution is 2.23. The monoisotopic (exact) mass is 343 g/mol. The van der Waals surface area contributed by atoms with E-state index in [1.807, 2.05) is 19.1 Å².